The molecule has 7 nitrogen and oxygen atoms in total. The smallest absolute Gasteiger partial charge is 0.168 e. The van der Waals surface area contributed by atoms with Crippen LogP contribution in [-0.4, -0.2) is 52.5 Å². The maximum Gasteiger partial charge on any atom is 0.168 e. The molecule has 0 radical (unpaired) electrons. The Kier molecular flexibility index (Phi) is 12.1. The third kappa shape index (κ3) is 10.2. The summed E-state index contributed by atoms with van der Waals surface area (Å²) in [6.45, 7) is 17.7. The highest BCUT2D eigenvalue weighted by Gasteiger charge is 2.34. The summed E-state index contributed by atoms with van der Waals surface area (Å²) in [6.07, 6.45) is 7.70. The van der Waals surface area contributed by atoms with Crippen LogP contribution in [0.4, 0.5) is 0 Å². The van der Waals surface area contributed by atoms with Gasteiger partial charge in [0.05, 0.1) is 13.2 Å². The Morgan fingerprint density at radius 1 is 1.26 bits per heavy atom. The minimum Gasteiger partial charge on any atom is -0.598 e. The molecule has 0 aromatic carbocycles. The average molecular weight is 581 g/mol. The quantitative estimate of drug-likeness (QED) is 0.152. The Balaban J connectivity index is 1.99. The summed E-state index contributed by atoms with van der Waals surface area (Å²) in [5.74, 6) is 0.477. The van der Waals surface area contributed by atoms with Crippen LogP contribution in [0.25, 0.3) is 0 Å². The van der Waals surface area contributed by atoms with Crippen LogP contribution < -0.4 is 4.72 Å². The molecule has 2 heterocycles. The number of ether oxygens (including phenoxy) is 3. The second-order valence-electron chi connectivity index (χ2n) is 11.4. The van der Waals surface area contributed by atoms with E-state index in [0.29, 0.717) is 19.9 Å². The van der Waals surface area contributed by atoms with Crippen molar-refractivity contribution in [3.8, 4) is 0 Å². The summed E-state index contributed by atoms with van der Waals surface area (Å²) in [5, 5.41) is 0. The lowest BCUT2D eigenvalue weighted by Gasteiger charge is -2.28. The number of aromatic nitrogens is 2. The summed E-state index contributed by atoms with van der Waals surface area (Å²) in [5.41, 5.74) is 0. The second-order valence-corrected chi connectivity index (χ2v) is 19.8. The van der Waals surface area contributed by atoms with Crippen molar-refractivity contribution >= 4 is 35.4 Å². The lowest BCUT2D eigenvalue weighted by Crippen LogP contribution is -2.42. The van der Waals surface area contributed by atoms with Crippen LogP contribution in [0, 0.1) is 0 Å². The summed E-state index contributed by atoms with van der Waals surface area (Å²) < 4.78 is 36.5. The van der Waals surface area contributed by atoms with Crippen molar-refractivity contribution in [1.29, 1.82) is 0 Å². The van der Waals surface area contributed by atoms with Gasteiger partial charge in [0.2, 0.25) is 0 Å². The molecule has 34 heavy (non-hydrogen) atoms. The lowest BCUT2D eigenvalue weighted by atomic mass is 10.0. The van der Waals surface area contributed by atoms with Gasteiger partial charge in [0.1, 0.15) is 27.9 Å². The van der Waals surface area contributed by atoms with Crippen molar-refractivity contribution in [2.45, 2.75) is 115 Å². The fraction of sp³-hybridized carbons (Fsp3) is 0.875. The molecule has 1 fully saturated rings. The Bertz CT molecular complexity index is 733. The molecular weight excluding hydrogens is 534 g/mol. The predicted molar refractivity (Wildman–Crippen MR) is 146 cm³/mol. The second kappa shape index (κ2) is 13.6. The van der Waals surface area contributed by atoms with Gasteiger partial charge in [0.15, 0.2) is 5.79 Å². The molecule has 1 aliphatic heterocycles. The van der Waals surface area contributed by atoms with Gasteiger partial charge in [-0.25, -0.2) is 4.98 Å². The molecule has 198 valence electrons. The molecule has 2 atom stereocenters. The van der Waals surface area contributed by atoms with Crippen molar-refractivity contribution in [2.24, 2.45) is 0 Å². The van der Waals surface area contributed by atoms with E-state index in [-0.39, 0.29) is 16.6 Å². The Hall–Kier alpha value is 0.0569. The number of halogens is 1. The van der Waals surface area contributed by atoms with E-state index >= 15 is 0 Å². The van der Waals surface area contributed by atoms with Crippen LogP contribution in [0.5, 0.6) is 0 Å². The zero-order valence-corrected chi connectivity index (χ0v) is 25.6. The zero-order chi connectivity index (χ0) is 25.4. The van der Waals surface area contributed by atoms with Crippen LogP contribution in [-0.2, 0) is 32.3 Å². The molecular formula is C24H46BrN3O4SSi. The fourth-order valence-electron chi connectivity index (χ4n) is 3.81. The van der Waals surface area contributed by atoms with Crippen molar-refractivity contribution in [1.82, 2.24) is 14.3 Å². The molecule has 1 aliphatic rings. The molecule has 1 aromatic rings. The lowest BCUT2D eigenvalue weighted by molar-refractivity contribution is -0.164. The van der Waals surface area contributed by atoms with E-state index in [1.165, 1.54) is 0 Å². The number of imidazole rings is 1. The number of nitrogens with zero attached hydrogens (tertiary/aromatic N) is 2. The molecule has 1 saturated heterocycles. The van der Waals surface area contributed by atoms with E-state index in [2.05, 4.69) is 47.2 Å². The molecule has 2 rings (SSSR count). The van der Waals surface area contributed by atoms with Gasteiger partial charge in [-0.3, -0.25) is 0 Å². The van der Waals surface area contributed by atoms with E-state index in [1.807, 2.05) is 31.5 Å². The van der Waals surface area contributed by atoms with Gasteiger partial charge < -0.3 is 23.3 Å². The van der Waals surface area contributed by atoms with Gasteiger partial charge in [-0.1, -0.05) is 39.4 Å². The average Bonchev–Trinajstić information content (AvgIpc) is 3.35. The summed E-state index contributed by atoms with van der Waals surface area (Å²) in [6, 6.07) is 1.01. The van der Waals surface area contributed by atoms with Crippen molar-refractivity contribution in [3.63, 3.8) is 0 Å². The van der Waals surface area contributed by atoms with Crippen LogP contribution in [0.15, 0.2) is 10.8 Å². The van der Waals surface area contributed by atoms with Crippen LogP contribution in [0.1, 0.15) is 78.1 Å². The van der Waals surface area contributed by atoms with E-state index in [1.54, 1.807) is 0 Å². The summed E-state index contributed by atoms with van der Waals surface area (Å²) >= 11 is 2.33. The van der Waals surface area contributed by atoms with Crippen molar-refractivity contribution < 1.29 is 18.8 Å². The minimum atomic E-state index is -1.20. The zero-order valence-electron chi connectivity index (χ0n) is 22.2. The molecule has 1 N–H and O–H groups in total. The van der Waals surface area contributed by atoms with E-state index in [9.17, 15) is 4.55 Å². The first kappa shape index (κ1) is 30.3. The van der Waals surface area contributed by atoms with Gasteiger partial charge in [-0.05, 0) is 62.0 Å². The highest BCUT2D eigenvalue weighted by Crippen LogP contribution is 2.30. The van der Waals surface area contributed by atoms with E-state index in [0.717, 1.165) is 61.6 Å². The number of unbranched alkanes of at least 4 members (excludes halogenated alkanes) is 2. The number of nitrogens with one attached hydrogen (secondary N) is 1. The van der Waals surface area contributed by atoms with Crippen molar-refractivity contribution in [2.75, 3.05) is 19.8 Å². The van der Waals surface area contributed by atoms with Crippen LogP contribution >= 0.6 is 15.9 Å². The van der Waals surface area contributed by atoms with Gasteiger partial charge in [-0.15, -0.1) is 4.72 Å². The highest BCUT2D eigenvalue weighted by molar-refractivity contribution is 9.10. The standard InChI is InChI=1S/C24H46BrN3O4SSi/c1-8-24(31-14-15-32-24)13-11-9-10-12-20(27-33(29)23(2,3)4)22-26-21(25)18-28(22)19-30-16-17-34(5,6)7/h18,20,27H,8-17,19H2,1-7H3/t20-,33+/m0/s1. The summed E-state index contributed by atoms with van der Waals surface area (Å²) in [7, 11) is -1.14. The van der Waals surface area contributed by atoms with Gasteiger partial charge >= 0.3 is 0 Å². The molecule has 0 amide bonds. The minimum absolute atomic E-state index is 0.119. The molecule has 0 bridgehead atoms. The topological polar surface area (TPSA) is 80.6 Å². The Morgan fingerprint density at radius 2 is 1.94 bits per heavy atom. The predicted octanol–water partition coefficient (Wildman–Crippen LogP) is 6.15. The molecule has 0 spiro atoms. The number of hydrogen-bond acceptors (Lipinski definition) is 6. The van der Waals surface area contributed by atoms with Gasteiger partial charge in [0, 0.05) is 38.7 Å². The highest BCUT2D eigenvalue weighted by atomic mass is 79.9. The monoisotopic (exact) mass is 579 g/mol. The maximum atomic E-state index is 13.0. The van der Waals surface area contributed by atoms with Gasteiger partial charge in [-0.2, -0.15) is 0 Å². The Morgan fingerprint density at radius 3 is 2.53 bits per heavy atom. The fourth-order valence-corrected chi connectivity index (χ4v) is 5.83. The molecule has 1 aromatic heterocycles. The first-order valence-electron chi connectivity index (χ1n) is 12.6. The third-order valence-electron chi connectivity index (χ3n) is 6.02. The summed E-state index contributed by atoms with van der Waals surface area (Å²) in [4.78, 5) is 4.73. The first-order valence-corrected chi connectivity index (χ1v) is 18.3. The SMILES string of the molecule is CCC1(CCCCC[C@H](N[S@+]([O-])C(C)(C)C)c2nc(Br)cn2COCC[Si](C)(C)C)OCCO1. The first-order chi connectivity index (χ1) is 15.9. The van der Waals surface area contributed by atoms with Crippen LogP contribution in [0.2, 0.25) is 25.7 Å². The Labute approximate surface area is 219 Å². The molecule has 0 saturated carbocycles. The van der Waals surface area contributed by atoms with E-state index in [4.69, 9.17) is 19.2 Å². The normalized spacial score (nSPS) is 18.4. The maximum absolute atomic E-state index is 13.0. The molecule has 0 unspecified atom stereocenters. The molecule has 10 heteroatoms. The number of hydrogen-bond donors (Lipinski definition) is 1. The largest absolute Gasteiger partial charge is 0.598 e. The van der Waals surface area contributed by atoms with Gasteiger partial charge in [0.25, 0.3) is 0 Å². The van der Waals surface area contributed by atoms with Crippen molar-refractivity contribution in [3.05, 3.63) is 16.6 Å². The third-order valence-corrected chi connectivity index (χ3v) is 9.72. The van der Waals surface area contributed by atoms with E-state index < -0.39 is 19.4 Å². The molecule has 0 aliphatic carbocycles. The number of rotatable bonds is 15. The van der Waals surface area contributed by atoms with Crippen LogP contribution in [0.3, 0.4) is 0 Å².